The van der Waals surface area contributed by atoms with E-state index in [2.05, 4.69) is 0 Å². The Kier molecular flexibility index (Phi) is 3.95. The van der Waals surface area contributed by atoms with E-state index in [4.69, 9.17) is 23.7 Å². The molecule has 3 aliphatic carbocycles. The van der Waals surface area contributed by atoms with Crippen molar-refractivity contribution in [2.75, 3.05) is 7.11 Å². The lowest BCUT2D eigenvalue weighted by Gasteiger charge is -2.36. The van der Waals surface area contributed by atoms with Gasteiger partial charge in [0.2, 0.25) is 0 Å². The minimum atomic E-state index is -0.398. The zero-order valence-corrected chi connectivity index (χ0v) is 14.7. The third-order valence-corrected chi connectivity index (χ3v) is 6.80. The lowest BCUT2D eigenvalue weighted by molar-refractivity contribution is -0.220. The summed E-state index contributed by atoms with van der Waals surface area (Å²) in [6, 6.07) is 0. The normalized spacial score (nSPS) is 46.1. The Morgan fingerprint density at radius 3 is 1.83 bits per heavy atom. The average Bonchev–Trinajstić information content (AvgIpc) is 3.14. The zero-order valence-electron chi connectivity index (χ0n) is 14.7. The van der Waals surface area contributed by atoms with E-state index in [9.17, 15) is 0 Å². The predicted molar refractivity (Wildman–Crippen MR) is 86.5 cm³/mol. The zero-order chi connectivity index (χ0) is 16.2. The van der Waals surface area contributed by atoms with Gasteiger partial charge in [0.05, 0.1) is 12.2 Å². The maximum absolute atomic E-state index is 6.57. The fourth-order valence-electron chi connectivity index (χ4n) is 5.60. The lowest BCUT2D eigenvalue weighted by Crippen LogP contribution is -2.53. The van der Waals surface area contributed by atoms with Crippen molar-refractivity contribution < 1.29 is 23.7 Å². The molecular formula is C19H30O5. The first kappa shape index (κ1) is 16.0. The molecule has 0 bridgehead atoms. The summed E-state index contributed by atoms with van der Waals surface area (Å²) in [6.45, 7) is 0. The van der Waals surface area contributed by atoms with Gasteiger partial charge in [0.1, 0.15) is 18.3 Å². The molecule has 2 saturated heterocycles. The van der Waals surface area contributed by atoms with E-state index in [1.165, 1.54) is 38.5 Å². The van der Waals surface area contributed by atoms with E-state index in [0.717, 1.165) is 32.1 Å². The highest BCUT2D eigenvalue weighted by molar-refractivity contribution is 5.06. The smallest absolute Gasteiger partial charge is 0.169 e. The molecule has 0 aromatic carbocycles. The Labute approximate surface area is 144 Å². The number of hydrogen-bond acceptors (Lipinski definition) is 5. The summed E-state index contributed by atoms with van der Waals surface area (Å²) in [7, 11) is 1.78. The van der Waals surface area contributed by atoms with Crippen LogP contribution in [0.5, 0.6) is 0 Å². The molecule has 5 fully saturated rings. The molecule has 0 unspecified atom stereocenters. The number of rotatable bonds is 1. The number of fused-ring (bicyclic) bond motifs is 3. The van der Waals surface area contributed by atoms with Crippen LogP contribution in [-0.2, 0) is 23.7 Å². The van der Waals surface area contributed by atoms with Crippen LogP contribution in [0.2, 0.25) is 0 Å². The molecule has 2 aliphatic heterocycles. The van der Waals surface area contributed by atoms with Crippen molar-refractivity contribution in [1.82, 2.24) is 0 Å². The van der Waals surface area contributed by atoms with Gasteiger partial charge in [-0.25, -0.2) is 0 Å². The quantitative estimate of drug-likeness (QED) is 0.734. The summed E-state index contributed by atoms with van der Waals surface area (Å²) in [4.78, 5) is 0. The highest BCUT2D eigenvalue weighted by Crippen LogP contribution is 2.51. The summed E-state index contributed by atoms with van der Waals surface area (Å²) < 4.78 is 31.9. The summed E-state index contributed by atoms with van der Waals surface area (Å²) in [5.74, 6) is -0.766. The SMILES string of the molecule is CO[C@@H]1C[C@H]2OC3(CCCCC3)O[C@H]2[C@@H]2OC3(CCCCC3)O[C@H]21. The van der Waals surface area contributed by atoms with Crippen molar-refractivity contribution in [2.24, 2.45) is 0 Å². The van der Waals surface area contributed by atoms with Crippen molar-refractivity contribution in [3.05, 3.63) is 0 Å². The maximum atomic E-state index is 6.57. The van der Waals surface area contributed by atoms with Crippen molar-refractivity contribution in [2.45, 2.75) is 113 Å². The van der Waals surface area contributed by atoms with Gasteiger partial charge in [-0.3, -0.25) is 0 Å². The molecule has 5 nitrogen and oxygen atoms in total. The molecule has 5 aliphatic rings. The topological polar surface area (TPSA) is 46.2 Å². The van der Waals surface area contributed by atoms with Crippen LogP contribution in [0.4, 0.5) is 0 Å². The Hall–Kier alpha value is -0.200. The molecule has 3 saturated carbocycles. The molecular weight excluding hydrogens is 308 g/mol. The minimum Gasteiger partial charge on any atom is -0.379 e. The largest absolute Gasteiger partial charge is 0.379 e. The van der Waals surface area contributed by atoms with Crippen LogP contribution in [0, 0.1) is 0 Å². The molecule has 5 heteroatoms. The molecule has 0 amide bonds. The molecule has 2 spiro atoms. The van der Waals surface area contributed by atoms with Crippen LogP contribution in [0.25, 0.3) is 0 Å². The number of methoxy groups -OCH3 is 1. The van der Waals surface area contributed by atoms with E-state index in [-0.39, 0.29) is 36.3 Å². The first-order valence-electron chi connectivity index (χ1n) is 9.97. The molecule has 0 radical (unpaired) electrons. The van der Waals surface area contributed by atoms with E-state index >= 15 is 0 Å². The fourth-order valence-corrected chi connectivity index (χ4v) is 5.60. The molecule has 0 aromatic heterocycles. The molecule has 0 N–H and O–H groups in total. The van der Waals surface area contributed by atoms with Crippen molar-refractivity contribution in [3.63, 3.8) is 0 Å². The van der Waals surface area contributed by atoms with E-state index < -0.39 is 5.79 Å². The number of hydrogen-bond donors (Lipinski definition) is 0. The Balaban J connectivity index is 1.40. The van der Waals surface area contributed by atoms with Crippen LogP contribution in [0.1, 0.15) is 70.6 Å². The monoisotopic (exact) mass is 338 g/mol. The first-order chi connectivity index (χ1) is 11.7. The van der Waals surface area contributed by atoms with Gasteiger partial charge in [0, 0.05) is 39.2 Å². The van der Waals surface area contributed by atoms with Gasteiger partial charge < -0.3 is 23.7 Å². The standard InChI is InChI=1S/C19H30O5/c1-20-13-12-14-16(23-18(21-14)8-4-2-5-9-18)17-15(13)22-19(24-17)10-6-3-7-11-19/h13-17H,2-12H2,1H3/t13-,14-,15+,16-,17-/m1/s1. The van der Waals surface area contributed by atoms with Crippen LogP contribution >= 0.6 is 0 Å². The molecule has 5 atom stereocenters. The van der Waals surface area contributed by atoms with E-state index in [1.54, 1.807) is 7.11 Å². The number of ether oxygens (including phenoxy) is 5. The molecule has 24 heavy (non-hydrogen) atoms. The summed E-state index contributed by atoms with van der Waals surface area (Å²) in [6.07, 6.45) is 12.3. The van der Waals surface area contributed by atoms with E-state index in [1.807, 2.05) is 0 Å². The van der Waals surface area contributed by atoms with Crippen molar-refractivity contribution >= 4 is 0 Å². The maximum Gasteiger partial charge on any atom is 0.169 e. The molecule has 0 aromatic rings. The summed E-state index contributed by atoms with van der Waals surface area (Å²) in [5.41, 5.74) is 0. The highest BCUT2D eigenvalue weighted by Gasteiger charge is 2.63. The minimum absolute atomic E-state index is 0.000742. The highest BCUT2D eigenvalue weighted by atomic mass is 16.8. The second kappa shape index (κ2) is 5.92. The van der Waals surface area contributed by atoms with Crippen molar-refractivity contribution in [3.8, 4) is 0 Å². The second-order valence-electron chi connectivity index (χ2n) is 8.36. The van der Waals surface area contributed by atoms with Crippen LogP contribution in [-0.4, -0.2) is 49.2 Å². The van der Waals surface area contributed by atoms with Crippen LogP contribution in [0.15, 0.2) is 0 Å². The summed E-state index contributed by atoms with van der Waals surface area (Å²) >= 11 is 0. The summed E-state index contributed by atoms with van der Waals surface area (Å²) in [5, 5.41) is 0. The lowest BCUT2D eigenvalue weighted by atomic mass is 9.87. The van der Waals surface area contributed by atoms with Crippen LogP contribution < -0.4 is 0 Å². The van der Waals surface area contributed by atoms with Gasteiger partial charge in [-0.05, 0) is 25.7 Å². The van der Waals surface area contributed by atoms with Gasteiger partial charge in [-0.2, -0.15) is 0 Å². The van der Waals surface area contributed by atoms with Crippen LogP contribution in [0.3, 0.4) is 0 Å². The van der Waals surface area contributed by atoms with Gasteiger partial charge in [0.15, 0.2) is 11.6 Å². The third kappa shape index (κ3) is 2.47. The van der Waals surface area contributed by atoms with Gasteiger partial charge in [0.25, 0.3) is 0 Å². The predicted octanol–water partition coefficient (Wildman–Crippen LogP) is 3.29. The van der Waals surface area contributed by atoms with Crippen molar-refractivity contribution in [1.29, 1.82) is 0 Å². The Morgan fingerprint density at radius 2 is 1.21 bits per heavy atom. The third-order valence-electron chi connectivity index (χ3n) is 6.80. The van der Waals surface area contributed by atoms with Gasteiger partial charge >= 0.3 is 0 Å². The van der Waals surface area contributed by atoms with E-state index in [0.29, 0.717) is 0 Å². The second-order valence-corrected chi connectivity index (χ2v) is 8.36. The van der Waals surface area contributed by atoms with Gasteiger partial charge in [-0.1, -0.05) is 12.8 Å². The molecule has 5 rings (SSSR count). The van der Waals surface area contributed by atoms with Gasteiger partial charge in [-0.15, -0.1) is 0 Å². The molecule has 136 valence electrons. The average molecular weight is 338 g/mol. The fraction of sp³-hybridized carbons (Fsp3) is 1.00. The Morgan fingerprint density at radius 1 is 0.667 bits per heavy atom. The molecule has 2 heterocycles. The first-order valence-corrected chi connectivity index (χ1v) is 9.97. The Bertz CT molecular complexity index is 468.